The highest BCUT2D eigenvalue weighted by Gasteiger charge is 2.14. The van der Waals surface area contributed by atoms with Gasteiger partial charge in [0.2, 0.25) is 0 Å². The molecule has 0 aliphatic carbocycles. The molecule has 2 aromatic carbocycles. The van der Waals surface area contributed by atoms with E-state index >= 15 is 0 Å². The average molecular weight is 387 g/mol. The number of ether oxygens (including phenoxy) is 1. The molecule has 1 aromatic heterocycles. The predicted octanol–water partition coefficient (Wildman–Crippen LogP) is 5.13. The van der Waals surface area contributed by atoms with Crippen molar-refractivity contribution in [3.05, 3.63) is 70.2 Å². The molecule has 3 rings (SSSR count). The summed E-state index contributed by atoms with van der Waals surface area (Å²) in [6.45, 7) is 3.08. The standard InChI is InChI=1S/C20H19ClN2O2S/c1-3-23(2)20(24)18-13-26-19(22-18)15-6-10-17(11-7-15)25-12-14-4-8-16(21)9-5-14/h4-11,13H,3,12H2,1-2H3. The summed E-state index contributed by atoms with van der Waals surface area (Å²) in [5.41, 5.74) is 2.51. The molecule has 0 aliphatic heterocycles. The normalized spacial score (nSPS) is 10.6. The molecule has 1 heterocycles. The lowest BCUT2D eigenvalue weighted by molar-refractivity contribution is 0.0797. The molecule has 0 spiro atoms. The van der Waals surface area contributed by atoms with Crippen LogP contribution in [0.4, 0.5) is 0 Å². The van der Waals surface area contributed by atoms with E-state index in [1.165, 1.54) is 11.3 Å². The third-order valence-electron chi connectivity index (χ3n) is 3.96. The summed E-state index contributed by atoms with van der Waals surface area (Å²) < 4.78 is 5.79. The molecule has 26 heavy (non-hydrogen) atoms. The summed E-state index contributed by atoms with van der Waals surface area (Å²) in [5, 5.41) is 3.33. The van der Waals surface area contributed by atoms with Crippen molar-refractivity contribution in [2.75, 3.05) is 13.6 Å². The number of thiazole rings is 1. The monoisotopic (exact) mass is 386 g/mol. The van der Waals surface area contributed by atoms with E-state index in [-0.39, 0.29) is 5.91 Å². The van der Waals surface area contributed by atoms with E-state index in [0.717, 1.165) is 21.9 Å². The van der Waals surface area contributed by atoms with Crippen LogP contribution in [0.5, 0.6) is 5.75 Å². The first-order chi connectivity index (χ1) is 12.6. The average Bonchev–Trinajstić information content (AvgIpc) is 3.17. The van der Waals surface area contributed by atoms with E-state index in [9.17, 15) is 4.79 Å². The molecule has 0 saturated heterocycles. The number of rotatable bonds is 6. The van der Waals surface area contributed by atoms with Crippen molar-refractivity contribution < 1.29 is 9.53 Å². The number of amides is 1. The van der Waals surface area contributed by atoms with Gasteiger partial charge in [-0.15, -0.1) is 11.3 Å². The van der Waals surface area contributed by atoms with E-state index in [2.05, 4.69) is 4.98 Å². The summed E-state index contributed by atoms with van der Waals surface area (Å²) >= 11 is 7.35. The molecule has 0 fully saturated rings. The zero-order chi connectivity index (χ0) is 18.5. The maximum atomic E-state index is 12.2. The van der Waals surface area contributed by atoms with Crippen LogP contribution in [0.15, 0.2) is 53.9 Å². The van der Waals surface area contributed by atoms with Gasteiger partial charge in [0.05, 0.1) is 0 Å². The molecule has 0 atom stereocenters. The Hall–Kier alpha value is -2.37. The first kappa shape index (κ1) is 18.4. The van der Waals surface area contributed by atoms with Crippen LogP contribution in [0.1, 0.15) is 23.0 Å². The van der Waals surface area contributed by atoms with Gasteiger partial charge in [0.1, 0.15) is 23.1 Å². The first-order valence-corrected chi connectivity index (χ1v) is 9.51. The molecule has 4 nitrogen and oxygen atoms in total. The molecular weight excluding hydrogens is 368 g/mol. The van der Waals surface area contributed by atoms with Crippen LogP contribution >= 0.6 is 22.9 Å². The summed E-state index contributed by atoms with van der Waals surface area (Å²) in [6.07, 6.45) is 0. The maximum Gasteiger partial charge on any atom is 0.273 e. The Labute approximate surface area is 162 Å². The lowest BCUT2D eigenvalue weighted by atomic mass is 10.2. The molecule has 0 aliphatic rings. The molecule has 1 amide bonds. The molecule has 0 bridgehead atoms. The second kappa shape index (κ2) is 8.34. The van der Waals surface area contributed by atoms with Crippen molar-refractivity contribution in [1.29, 1.82) is 0 Å². The van der Waals surface area contributed by atoms with Crippen LogP contribution in [0.25, 0.3) is 10.6 Å². The van der Waals surface area contributed by atoms with E-state index in [1.807, 2.05) is 55.5 Å². The molecule has 0 unspecified atom stereocenters. The van der Waals surface area contributed by atoms with Gasteiger partial charge in [0.25, 0.3) is 5.91 Å². The van der Waals surface area contributed by atoms with E-state index in [1.54, 1.807) is 17.3 Å². The van der Waals surface area contributed by atoms with Gasteiger partial charge in [-0.05, 0) is 48.9 Å². The van der Waals surface area contributed by atoms with Gasteiger partial charge in [0.15, 0.2) is 0 Å². The van der Waals surface area contributed by atoms with Crippen LogP contribution in [0.3, 0.4) is 0 Å². The number of nitrogens with zero attached hydrogens (tertiary/aromatic N) is 2. The van der Waals surface area contributed by atoms with Crippen LogP contribution in [-0.2, 0) is 6.61 Å². The van der Waals surface area contributed by atoms with Crippen molar-refractivity contribution in [2.45, 2.75) is 13.5 Å². The molecule has 0 N–H and O–H groups in total. The molecule has 3 aromatic rings. The minimum Gasteiger partial charge on any atom is -0.489 e. The van der Waals surface area contributed by atoms with Gasteiger partial charge in [0, 0.05) is 29.6 Å². The summed E-state index contributed by atoms with van der Waals surface area (Å²) in [5.74, 6) is 0.722. The Morgan fingerprint density at radius 1 is 1.15 bits per heavy atom. The number of halogens is 1. The Kier molecular flexibility index (Phi) is 5.91. The van der Waals surface area contributed by atoms with Gasteiger partial charge in [-0.3, -0.25) is 4.79 Å². The van der Waals surface area contributed by atoms with Crippen molar-refractivity contribution in [1.82, 2.24) is 9.88 Å². The topological polar surface area (TPSA) is 42.4 Å². The van der Waals surface area contributed by atoms with Crippen molar-refractivity contribution in [3.63, 3.8) is 0 Å². The summed E-state index contributed by atoms with van der Waals surface area (Å²) in [6, 6.07) is 15.3. The van der Waals surface area contributed by atoms with Gasteiger partial charge in [-0.2, -0.15) is 0 Å². The third-order valence-corrected chi connectivity index (χ3v) is 5.11. The second-order valence-corrected chi connectivity index (χ2v) is 7.09. The van der Waals surface area contributed by atoms with Gasteiger partial charge >= 0.3 is 0 Å². The Morgan fingerprint density at radius 2 is 1.85 bits per heavy atom. The fourth-order valence-electron chi connectivity index (χ4n) is 2.28. The molecule has 134 valence electrons. The third kappa shape index (κ3) is 4.42. The van der Waals surface area contributed by atoms with Crippen LogP contribution in [0, 0.1) is 0 Å². The lowest BCUT2D eigenvalue weighted by Gasteiger charge is -2.11. The van der Waals surface area contributed by atoms with Gasteiger partial charge < -0.3 is 9.64 Å². The van der Waals surface area contributed by atoms with E-state index in [4.69, 9.17) is 16.3 Å². The Bertz CT molecular complexity index is 876. The van der Waals surface area contributed by atoms with Crippen LogP contribution in [-0.4, -0.2) is 29.4 Å². The molecule has 0 radical (unpaired) electrons. The maximum absolute atomic E-state index is 12.2. The first-order valence-electron chi connectivity index (χ1n) is 8.25. The number of carbonyl (C=O) groups excluding carboxylic acids is 1. The van der Waals surface area contributed by atoms with E-state index in [0.29, 0.717) is 23.9 Å². The van der Waals surface area contributed by atoms with Crippen LogP contribution < -0.4 is 4.74 Å². The minimum atomic E-state index is -0.0575. The minimum absolute atomic E-state index is 0.0575. The highest BCUT2D eigenvalue weighted by Crippen LogP contribution is 2.26. The number of aromatic nitrogens is 1. The highest BCUT2D eigenvalue weighted by atomic mass is 35.5. The Balaban J connectivity index is 1.65. The van der Waals surface area contributed by atoms with Crippen molar-refractivity contribution in [2.24, 2.45) is 0 Å². The number of hydrogen-bond donors (Lipinski definition) is 0. The lowest BCUT2D eigenvalue weighted by Crippen LogP contribution is -2.26. The van der Waals surface area contributed by atoms with Gasteiger partial charge in [-0.25, -0.2) is 4.98 Å². The fraction of sp³-hybridized carbons (Fsp3) is 0.200. The van der Waals surface area contributed by atoms with Crippen LogP contribution in [0.2, 0.25) is 5.02 Å². The summed E-state index contributed by atoms with van der Waals surface area (Å²) in [7, 11) is 1.77. The SMILES string of the molecule is CCN(C)C(=O)c1csc(-c2ccc(OCc3ccc(Cl)cc3)cc2)n1. The van der Waals surface area contributed by atoms with Crippen molar-refractivity contribution >= 4 is 28.8 Å². The summed E-state index contributed by atoms with van der Waals surface area (Å²) in [4.78, 5) is 18.3. The number of hydrogen-bond acceptors (Lipinski definition) is 4. The smallest absolute Gasteiger partial charge is 0.273 e. The van der Waals surface area contributed by atoms with Gasteiger partial charge in [-0.1, -0.05) is 23.7 Å². The largest absolute Gasteiger partial charge is 0.489 e. The Morgan fingerprint density at radius 3 is 2.50 bits per heavy atom. The zero-order valence-corrected chi connectivity index (χ0v) is 16.2. The van der Waals surface area contributed by atoms with Crippen molar-refractivity contribution in [3.8, 4) is 16.3 Å². The number of carbonyl (C=O) groups is 1. The second-order valence-electron chi connectivity index (χ2n) is 5.80. The number of benzene rings is 2. The molecular formula is C20H19ClN2O2S. The predicted molar refractivity (Wildman–Crippen MR) is 106 cm³/mol. The fourth-order valence-corrected chi connectivity index (χ4v) is 3.21. The zero-order valence-electron chi connectivity index (χ0n) is 14.6. The molecule has 6 heteroatoms. The quantitative estimate of drug-likeness (QED) is 0.589. The highest BCUT2D eigenvalue weighted by molar-refractivity contribution is 7.13. The van der Waals surface area contributed by atoms with E-state index < -0.39 is 0 Å². The molecule has 0 saturated carbocycles.